The van der Waals surface area contributed by atoms with Crippen molar-refractivity contribution in [3.05, 3.63) is 21.4 Å². The van der Waals surface area contributed by atoms with Crippen LogP contribution >= 0.6 is 11.3 Å². The molecule has 1 heterocycles. The zero-order valence-electron chi connectivity index (χ0n) is 11.4. The summed E-state index contributed by atoms with van der Waals surface area (Å²) in [7, 11) is 0. The molecular formula is C15H23NOS. The number of rotatable bonds is 2. The maximum absolute atomic E-state index is 12.2. The average molecular weight is 265 g/mol. The highest BCUT2D eigenvalue weighted by Crippen LogP contribution is 2.22. The van der Waals surface area contributed by atoms with Gasteiger partial charge in [-0.2, -0.15) is 0 Å². The second-order valence-corrected chi connectivity index (χ2v) is 6.80. The van der Waals surface area contributed by atoms with Crippen LogP contribution in [0.25, 0.3) is 0 Å². The van der Waals surface area contributed by atoms with E-state index < -0.39 is 0 Å². The van der Waals surface area contributed by atoms with E-state index in [2.05, 4.69) is 12.2 Å². The molecule has 0 bridgehead atoms. The molecule has 0 aliphatic heterocycles. The van der Waals surface area contributed by atoms with Crippen LogP contribution in [0.5, 0.6) is 0 Å². The van der Waals surface area contributed by atoms with Gasteiger partial charge in [0.1, 0.15) is 0 Å². The summed E-state index contributed by atoms with van der Waals surface area (Å²) in [5.74, 6) is 0.127. The van der Waals surface area contributed by atoms with Crippen molar-refractivity contribution in [2.45, 2.75) is 64.8 Å². The molecule has 1 aromatic heterocycles. The lowest BCUT2D eigenvalue weighted by Crippen LogP contribution is -2.35. The van der Waals surface area contributed by atoms with E-state index in [4.69, 9.17) is 0 Å². The number of thiophene rings is 1. The maximum Gasteiger partial charge on any atom is 0.252 e. The van der Waals surface area contributed by atoms with Crippen LogP contribution in [-0.4, -0.2) is 11.9 Å². The number of hydrogen-bond donors (Lipinski definition) is 1. The minimum atomic E-state index is 0.127. The predicted octanol–water partition coefficient (Wildman–Crippen LogP) is 4.21. The Bertz CT molecular complexity index is 403. The first kappa shape index (κ1) is 13.6. The van der Waals surface area contributed by atoms with Crippen LogP contribution in [-0.2, 0) is 0 Å². The van der Waals surface area contributed by atoms with Gasteiger partial charge in [0.15, 0.2) is 0 Å². The van der Waals surface area contributed by atoms with Crippen molar-refractivity contribution in [1.29, 1.82) is 0 Å². The fourth-order valence-electron chi connectivity index (χ4n) is 2.72. The first-order valence-electron chi connectivity index (χ1n) is 7.04. The van der Waals surface area contributed by atoms with Crippen LogP contribution in [0.3, 0.4) is 0 Å². The van der Waals surface area contributed by atoms with Crippen molar-refractivity contribution < 1.29 is 4.79 Å². The molecule has 1 aliphatic carbocycles. The number of amides is 1. The highest BCUT2D eigenvalue weighted by atomic mass is 32.1. The van der Waals surface area contributed by atoms with Crippen molar-refractivity contribution in [3.63, 3.8) is 0 Å². The Labute approximate surface area is 114 Å². The van der Waals surface area contributed by atoms with Gasteiger partial charge in [-0.15, -0.1) is 11.3 Å². The number of hydrogen-bond acceptors (Lipinski definition) is 2. The summed E-state index contributed by atoms with van der Waals surface area (Å²) in [6.45, 7) is 4.09. The van der Waals surface area contributed by atoms with E-state index in [0.29, 0.717) is 6.04 Å². The molecule has 2 nitrogen and oxygen atoms in total. The van der Waals surface area contributed by atoms with Gasteiger partial charge in [0.05, 0.1) is 5.56 Å². The van der Waals surface area contributed by atoms with E-state index in [1.54, 1.807) is 11.3 Å². The summed E-state index contributed by atoms with van der Waals surface area (Å²) in [6, 6.07) is 2.40. The van der Waals surface area contributed by atoms with Crippen LogP contribution in [0.1, 0.15) is 65.1 Å². The molecule has 0 radical (unpaired) electrons. The fourth-order valence-corrected chi connectivity index (χ4v) is 3.64. The summed E-state index contributed by atoms with van der Waals surface area (Å²) in [5.41, 5.74) is 0.875. The van der Waals surface area contributed by atoms with Gasteiger partial charge in [-0.05, 0) is 32.8 Å². The largest absolute Gasteiger partial charge is 0.349 e. The minimum absolute atomic E-state index is 0.127. The van der Waals surface area contributed by atoms with Gasteiger partial charge in [-0.25, -0.2) is 0 Å². The maximum atomic E-state index is 12.2. The zero-order valence-corrected chi connectivity index (χ0v) is 12.2. The lowest BCUT2D eigenvalue weighted by molar-refractivity contribution is 0.0930. The monoisotopic (exact) mass is 265 g/mol. The Kier molecular flexibility index (Phi) is 4.81. The predicted molar refractivity (Wildman–Crippen MR) is 77.4 cm³/mol. The van der Waals surface area contributed by atoms with Gasteiger partial charge < -0.3 is 5.32 Å². The number of aryl methyl sites for hydroxylation is 2. The smallest absolute Gasteiger partial charge is 0.252 e. The quantitative estimate of drug-likeness (QED) is 0.852. The van der Waals surface area contributed by atoms with Crippen LogP contribution in [0.2, 0.25) is 0 Å². The minimum Gasteiger partial charge on any atom is -0.349 e. The Morgan fingerprint density at radius 3 is 2.33 bits per heavy atom. The molecule has 1 saturated carbocycles. The average Bonchev–Trinajstić information content (AvgIpc) is 2.61. The van der Waals surface area contributed by atoms with Gasteiger partial charge >= 0.3 is 0 Å². The highest BCUT2D eigenvalue weighted by Gasteiger charge is 2.17. The Hall–Kier alpha value is -0.830. The second-order valence-electron chi connectivity index (χ2n) is 5.34. The molecule has 1 fully saturated rings. The standard InChI is InChI=1S/C15H23NOS/c1-11-10-14(12(2)18-11)15(17)16-13-8-6-4-3-5-7-9-13/h10,13H,3-9H2,1-2H3,(H,16,17). The Morgan fingerprint density at radius 1 is 1.17 bits per heavy atom. The van der Waals surface area contributed by atoms with Gasteiger partial charge in [0.2, 0.25) is 0 Å². The molecule has 100 valence electrons. The third kappa shape index (κ3) is 3.58. The van der Waals surface area contributed by atoms with Crippen molar-refractivity contribution in [2.24, 2.45) is 0 Å². The molecule has 1 N–H and O–H groups in total. The molecule has 1 amide bonds. The Morgan fingerprint density at radius 2 is 1.78 bits per heavy atom. The third-order valence-electron chi connectivity index (χ3n) is 3.73. The molecule has 0 unspecified atom stereocenters. The molecule has 1 aliphatic rings. The Balaban J connectivity index is 1.95. The van der Waals surface area contributed by atoms with E-state index in [9.17, 15) is 4.79 Å². The van der Waals surface area contributed by atoms with E-state index in [-0.39, 0.29) is 5.91 Å². The van der Waals surface area contributed by atoms with E-state index in [0.717, 1.165) is 23.3 Å². The number of carbonyl (C=O) groups excluding carboxylic acids is 1. The molecule has 18 heavy (non-hydrogen) atoms. The van der Waals surface area contributed by atoms with E-state index >= 15 is 0 Å². The second kappa shape index (κ2) is 6.37. The molecule has 0 spiro atoms. The molecular weight excluding hydrogens is 242 g/mol. The van der Waals surface area contributed by atoms with E-state index in [1.807, 2.05) is 13.0 Å². The van der Waals surface area contributed by atoms with Crippen molar-refractivity contribution in [2.75, 3.05) is 0 Å². The van der Waals surface area contributed by atoms with E-state index in [1.165, 1.54) is 37.0 Å². The summed E-state index contributed by atoms with van der Waals surface area (Å²) in [4.78, 5) is 14.6. The van der Waals surface area contributed by atoms with Gasteiger partial charge in [-0.1, -0.05) is 32.1 Å². The summed E-state index contributed by atoms with van der Waals surface area (Å²) >= 11 is 1.71. The van der Waals surface area contributed by atoms with Crippen LogP contribution in [0.15, 0.2) is 6.07 Å². The van der Waals surface area contributed by atoms with Crippen molar-refractivity contribution in [3.8, 4) is 0 Å². The van der Waals surface area contributed by atoms with Crippen LogP contribution < -0.4 is 5.32 Å². The molecule has 1 aromatic rings. The van der Waals surface area contributed by atoms with Crippen LogP contribution in [0, 0.1) is 13.8 Å². The third-order valence-corrected chi connectivity index (χ3v) is 4.69. The molecule has 0 aromatic carbocycles. The lowest BCUT2D eigenvalue weighted by Gasteiger charge is -2.21. The zero-order chi connectivity index (χ0) is 13.0. The number of nitrogens with one attached hydrogen (secondary N) is 1. The molecule has 2 rings (SSSR count). The summed E-state index contributed by atoms with van der Waals surface area (Å²) < 4.78 is 0. The SMILES string of the molecule is Cc1cc(C(=O)NC2CCCCCCC2)c(C)s1. The highest BCUT2D eigenvalue weighted by molar-refractivity contribution is 7.12. The summed E-state index contributed by atoms with van der Waals surface area (Å²) in [5, 5.41) is 3.22. The van der Waals surface area contributed by atoms with Gasteiger partial charge in [0.25, 0.3) is 5.91 Å². The molecule has 0 saturated heterocycles. The first-order chi connectivity index (χ1) is 8.66. The molecule has 0 atom stereocenters. The van der Waals surface area contributed by atoms with Crippen LogP contribution in [0.4, 0.5) is 0 Å². The van der Waals surface area contributed by atoms with Gasteiger partial charge in [0, 0.05) is 15.8 Å². The number of carbonyl (C=O) groups is 1. The molecule has 3 heteroatoms. The normalized spacial score (nSPS) is 18.1. The van der Waals surface area contributed by atoms with Crippen molar-refractivity contribution >= 4 is 17.2 Å². The fraction of sp³-hybridized carbons (Fsp3) is 0.667. The summed E-state index contributed by atoms with van der Waals surface area (Å²) in [6.07, 6.45) is 8.82. The van der Waals surface area contributed by atoms with Gasteiger partial charge in [-0.3, -0.25) is 4.79 Å². The lowest BCUT2D eigenvalue weighted by atomic mass is 9.96. The van der Waals surface area contributed by atoms with Crippen molar-refractivity contribution in [1.82, 2.24) is 5.32 Å². The first-order valence-corrected chi connectivity index (χ1v) is 7.86. The topological polar surface area (TPSA) is 29.1 Å².